The van der Waals surface area contributed by atoms with Gasteiger partial charge >= 0.3 is 0 Å². The molecule has 1 N–H and O–H groups in total. The SMILES string of the molecule is COc1nc(C)ccc1C(=O)NC1(c2ccccc2)CC1. The number of aryl methyl sites for hydroxylation is 1. The number of hydrogen-bond acceptors (Lipinski definition) is 3. The van der Waals surface area contributed by atoms with Crippen molar-refractivity contribution in [2.45, 2.75) is 25.3 Å². The third-order valence-electron chi connectivity index (χ3n) is 3.87. The molecule has 0 aliphatic heterocycles. The Morgan fingerprint density at radius 2 is 1.90 bits per heavy atom. The lowest BCUT2D eigenvalue weighted by atomic mass is 10.0. The highest BCUT2D eigenvalue weighted by atomic mass is 16.5. The summed E-state index contributed by atoms with van der Waals surface area (Å²) in [6, 6.07) is 13.7. The summed E-state index contributed by atoms with van der Waals surface area (Å²) in [5.74, 6) is 0.233. The van der Waals surface area contributed by atoms with E-state index in [-0.39, 0.29) is 11.4 Å². The number of rotatable bonds is 4. The minimum atomic E-state index is -0.228. The summed E-state index contributed by atoms with van der Waals surface area (Å²) in [6.45, 7) is 1.87. The van der Waals surface area contributed by atoms with Crippen LogP contribution in [-0.2, 0) is 5.54 Å². The zero-order valence-corrected chi connectivity index (χ0v) is 12.2. The molecule has 0 atom stereocenters. The first-order valence-corrected chi connectivity index (χ1v) is 7.04. The normalized spacial score (nSPS) is 15.3. The molecule has 1 saturated carbocycles. The average Bonchev–Trinajstić information content (AvgIpc) is 3.28. The van der Waals surface area contributed by atoms with E-state index in [2.05, 4.69) is 22.4 Å². The molecule has 0 saturated heterocycles. The van der Waals surface area contributed by atoms with Crippen molar-refractivity contribution in [3.63, 3.8) is 0 Å². The second kappa shape index (κ2) is 5.20. The maximum Gasteiger partial charge on any atom is 0.257 e. The van der Waals surface area contributed by atoms with E-state index in [0.29, 0.717) is 11.4 Å². The highest BCUT2D eigenvalue weighted by Gasteiger charge is 2.45. The van der Waals surface area contributed by atoms with Crippen molar-refractivity contribution in [1.29, 1.82) is 0 Å². The fourth-order valence-corrected chi connectivity index (χ4v) is 2.51. The molecule has 1 aliphatic carbocycles. The zero-order chi connectivity index (χ0) is 14.9. The first-order chi connectivity index (χ1) is 10.1. The van der Waals surface area contributed by atoms with Crippen LogP contribution in [0.2, 0.25) is 0 Å². The lowest BCUT2D eigenvalue weighted by molar-refractivity contribution is 0.0927. The second-order valence-electron chi connectivity index (χ2n) is 5.41. The quantitative estimate of drug-likeness (QED) is 0.938. The number of methoxy groups -OCH3 is 1. The van der Waals surface area contributed by atoms with E-state index >= 15 is 0 Å². The Hall–Kier alpha value is -2.36. The number of nitrogens with zero attached hydrogens (tertiary/aromatic N) is 1. The Morgan fingerprint density at radius 3 is 2.52 bits per heavy atom. The van der Waals surface area contributed by atoms with Gasteiger partial charge in [-0.15, -0.1) is 0 Å². The van der Waals surface area contributed by atoms with Gasteiger partial charge in [0.1, 0.15) is 5.56 Å². The van der Waals surface area contributed by atoms with Crippen molar-refractivity contribution in [3.8, 4) is 5.88 Å². The van der Waals surface area contributed by atoms with Crippen LogP contribution in [0.15, 0.2) is 42.5 Å². The fraction of sp³-hybridized carbons (Fsp3) is 0.294. The number of benzene rings is 1. The molecule has 3 rings (SSSR count). The van der Waals surface area contributed by atoms with E-state index < -0.39 is 0 Å². The van der Waals surface area contributed by atoms with Crippen molar-refractivity contribution in [1.82, 2.24) is 10.3 Å². The summed E-state index contributed by atoms with van der Waals surface area (Å²) in [7, 11) is 1.53. The van der Waals surface area contributed by atoms with Gasteiger partial charge in [0, 0.05) is 5.69 Å². The lowest BCUT2D eigenvalue weighted by Crippen LogP contribution is -2.35. The van der Waals surface area contributed by atoms with Crippen LogP contribution in [0.25, 0.3) is 0 Å². The monoisotopic (exact) mass is 282 g/mol. The molecule has 21 heavy (non-hydrogen) atoms. The minimum Gasteiger partial charge on any atom is -0.480 e. The molecule has 1 fully saturated rings. The predicted molar refractivity (Wildman–Crippen MR) is 80.3 cm³/mol. The number of amides is 1. The molecule has 2 aromatic rings. The summed E-state index contributed by atoms with van der Waals surface area (Å²) in [6.07, 6.45) is 1.93. The largest absolute Gasteiger partial charge is 0.480 e. The smallest absolute Gasteiger partial charge is 0.257 e. The van der Waals surface area contributed by atoms with E-state index in [0.717, 1.165) is 24.1 Å². The third kappa shape index (κ3) is 2.61. The van der Waals surface area contributed by atoms with Crippen molar-refractivity contribution >= 4 is 5.91 Å². The summed E-state index contributed by atoms with van der Waals surface area (Å²) >= 11 is 0. The highest BCUT2D eigenvalue weighted by Crippen LogP contribution is 2.45. The van der Waals surface area contributed by atoms with Crippen LogP contribution in [0.3, 0.4) is 0 Å². The number of pyridine rings is 1. The van der Waals surface area contributed by atoms with Gasteiger partial charge in [-0.05, 0) is 37.5 Å². The number of carbonyl (C=O) groups is 1. The molecule has 0 spiro atoms. The maximum absolute atomic E-state index is 12.5. The predicted octanol–water partition coefficient (Wildman–Crippen LogP) is 2.82. The number of aromatic nitrogens is 1. The number of nitrogens with one attached hydrogen (secondary N) is 1. The molecule has 1 heterocycles. The molecule has 4 heteroatoms. The van der Waals surface area contributed by atoms with Crippen LogP contribution >= 0.6 is 0 Å². The van der Waals surface area contributed by atoms with Gasteiger partial charge in [0.25, 0.3) is 5.91 Å². The third-order valence-corrected chi connectivity index (χ3v) is 3.87. The number of ether oxygens (including phenoxy) is 1. The lowest BCUT2D eigenvalue weighted by Gasteiger charge is -2.18. The average molecular weight is 282 g/mol. The van der Waals surface area contributed by atoms with Crippen molar-refractivity contribution < 1.29 is 9.53 Å². The van der Waals surface area contributed by atoms with Crippen molar-refractivity contribution in [3.05, 3.63) is 59.3 Å². The van der Waals surface area contributed by atoms with Crippen molar-refractivity contribution in [2.24, 2.45) is 0 Å². The van der Waals surface area contributed by atoms with Gasteiger partial charge in [-0.1, -0.05) is 30.3 Å². The first-order valence-electron chi connectivity index (χ1n) is 7.04. The van der Waals surface area contributed by atoms with E-state index in [9.17, 15) is 4.79 Å². The molecule has 1 aliphatic rings. The molecule has 1 aromatic heterocycles. The summed E-state index contributed by atoms with van der Waals surface area (Å²) in [4.78, 5) is 16.8. The molecular formula is C17H18N2O2. The molecule has 108 valence electrons. The molecule has 1 amide bonds. The van der Waals surface area contributed by atoms with E-state index in [4.69, 9.17) is 4.74 Å². The Labute approximate surface area is 124 Å². The van der Waals surface area contributed by atoms with Crippen LogP contribution < -0.4 is 10.1 Å². The van der Waals surface area contributed by atoms with Crippen molar-refractivity contribution in [2.75, 3.05) is 7.11 Å². The Morgan fingerprint density at radius 1 is 1.19 bits per heavy atom. The van der Waals surface area contributed by atoms with Gasteiger partial charge < -0.3 is 10.1 Å². The van der Waals surface area contributed by atoms with E-state index in [1.54, 1.807) is 6.07 Å². The molecule has 4 nitrogen and oxygen atoms in total. The Bertz CT molecular complexity index is 664. The summed E-state index contributed by atoms with van der Waals surface area (Å²) in [5.41, 5.74) is 2.23. The van der Waals surface area contributed by atoms with Gasteiger partial charge in [0.05, 0.1) is 12.6 Å². The topological polar surface area (TPSA) is 51.2 Å². The van der Waals surface area contributed by atoms with Crippen LogP contribution in [0.4, 0.5) is 0 Å². The molecule has 0 radical (unpaired) electrons. The molecule has 0 bridgehead atoms. The van der Waals surface area contributed by atoms with Gasteiger partial charge in [-0.2, -0.15) is 0 Å². The number of carbonyl (C=O) groups excluding carboxylic acids is 1. The van der Waals surface area contributed by atoms with Crippen LogP contribution in [0.1, 0.15) is 34.5 Å². The second-order valence-corrected chi connectivity index (χ2v) is 5.41. The fourth-order valence-electron chi connectivity index (χ4n) is 2.51. The Balaban J connectivity index is 1.84. The maximum atomic E-state index is 12.5. The number of hydrogen-bond donors (Lipinski definition) is 1. The van der Waals surface area contributed by atoms with Crippen LogP contribution in [0.5, 0.6) is 5.88 Å². The summed E-state index contributed by atoms with van der Waals surface area (Å²) < 4.78 is 5.22. The van der Waals surface area contributed by atoms with Crippen LogP contribution in [-0.4, -0.2) is 18.0 Å². The van der Waals surface area contributed by atoms with Gasteiger partial charge in [0.2, 0.25) is 5.88 Å². The van der Waals surface area contributed by atoms with Gasteiger partial charge in [-0.25, -0.2) is 4.98 Å². The van der Waals surface area contributed by atoms with Gasteiger partial charge in [0.15, 0.2) is 0 Å². The zero-order valence-electron chi connectivity index (χ0n) is 12.2. The highest BCUT2D eigenvalue weighted by molar-refractivity contribution is 5.97. The molecule has 1 aromatic carbocycles. The van der Waals surface area contributed by atoms with E-state index in [1.807, 2.05) is 31.2 Å². The molecule has 0 unspecified atom stereocenters. The Kier molecular flexibility index (Phi) is 3.37. The molecular weight excluding hydrogens is 264 g/mol. The standard InChI is InChI=1S/C17H18N2O2/c1-12-8-9-14(16(18-12)21-2)15(20)19-17(10-11-17)13-6-4-3-5-7-13/h3-9H,10-11H2,1-2H3,(H,19,20). The van der Waals surface area contributed by atoms with Crippen LogP contribution in [0, 0.1) is 6.92 Å². The van der Waals surface area contributed by atoms with Gasteiger partial charge in [-0.3, -0.25) is 4.79 Å². The minimum absolute atomic E-state index is 0.138. The van der Waals surface area contributed by atoms with E-state index in [1.165, 1.54) is 7.11 Å². The first kappa shape index (κ1) is 13.6. The summed E-state index contributed by atoms with van der Waals surface area (Å²) in [5, 5.41) is 3.14.